The van der Waals surface area contributed by atoms with Crippen LogP contribution < -0.4 is 19.1 Å². The molecule has 0 unspecified atom stereocenters. The summed E-state index contributed by atoms with van der Waals surface area (Å²) in [6.45, 7) is 1.11. The molecule has 0 aliphatic rings. The third kappa shape index (κ3) is 6.75. The number of benzene rings is 2. The molecular formula is C22H28ClN3O6S. The minimum absolute atomic E-state index is 0.0808. The number of sulfonamides is 1. The molecule has 9 nitrogen and oxygen atoms in total. The number of hydrogen-bond donors (Lipinski definition) is 1. The fourth-order valence-corrected chi connectivity index (χ4v) is 4.14. The fourth-order valence-electron chi connectivity index (χ4n) is 3.16. The number of halogens is 1. The Balaban J connectivity index is 2.46. The van der Waals surface area contributed by atoms with Crippen molar-refractivity contribution in [3.05, 3.63) is 53.1 Å². The van der Waals surface area contributed by atoms with Gasteiger partial charge in [0, 0.05) is 24.7 Å². The molecule has 2 aromatic rings. The second-order valence-corrected chi connectivity index (χ2v) is 9.59. The van der Waals surface area contributed by atoms with Gasteiger partial charge in [0.15, 0.2) is 0 Å². The summed E-state index contributed by atoms with van der Waals surface area (Å²) in [4.78, 5) is 27.1. The molecule has 1 N–H and O–H groups in total. The van der Waals surface area contributed by atoms with Gasteiger partial charge >= 0.3 is 0 Å². The van der Waals surface area contributed by atoms with Gasteiger partial charge in [-0.2, -0.15) is 0 Å². The van der Waals surface area contributed by atoms with Gasteiger partial charge in [0.1, 0.15) is 24.1 Å². The van der Waals surface area contributed by atoms with Crippen LogP contribution in [-0.2, 0) is 26.2 Å². The number of hydrogen-bond acceptors (Lipinski definition) is 6. The lowest BCUT2D eigenvalue weighted by Crippen LogP contribution is -2.50. The Bertz CT molecular complexity index is 1090. The summed E-state index contributed by atoms with van der Waals surface area (Å²) in [5.41, 5.74) is 0.875. The molecule has 11 heteroatoms. The van der Waals surface area contributed by atoms with Crippen LogP contribution >= 0.6 is 11.6 Å². The quantitative estimate of drug-likeness (QED) is 0.540. The lowest BCUT2D eigenvalue weighted by Gasteiger charge is -2.31. The molecule has 0 heterocycles. The van der Waals surface area contributed by atoms with Gasteiger partial charge in [0.05, 0.1) is 26.2 Å². The zero-order valence-corrected chi connectivity index (χ0v) is 20.7. The SMILES string of the molecule is CNC(=O)[C@@H](C)N(Cc1ccc(Cl)cc1)C(=O)CN(c1cc(OC)ccc1OC)S(C)(=O)=O. The largest absolute Gasteiger partial charge is 0.497 e. The molecule has 180 valence electrons. The first kappa shape index (κ1) is 26.3. The number of rotatable bonds is 10. The highest BCUT2D eigenvalue weighted by molar-refractivity contribution is 7.92. The normalized spacial score (nSPS) is 11.9. The second-order valence-electron chi connectivity index (χ2n) is 7.25. The summed E-state index contributed by atoms with van der Waals surface area (Å²) < 4.78 is 36.8. The molecule has 0 aliphatic heterocycles. The number of likely N-dealkylation sites (N-methyl/N-ethyl adjacent to an activating group) is 1. The molecule has 0 saturated heterocycles. The van der Waals surface area contributed by atoms with Crippen molar-refractivity contribution in [3.8, 4) is 11.5 Å². The molecule has 0 aromatic heterocycles. The number of nitrogens with one attached hydrogen (secondary N) is 1. The van der Waals surface area contributed by atoms with E-state index in [1.165, 1.54) is 32.2 Å². The summed E-state index contributed by atoms with van der Waals surface area (Å²) in [6.07, 6.45) is 0.991. The maximum absolute atomic E-state index is 13.4. The van der Waals surface area contributed by atoms with E-state index in [1.54, 1.807) is 43.3 Å². The van der Waals surface area contributed by atoms with Gasteiger partial charge in [-0.1, -0.05) is 23.7 Å². The number of carbonyl (C=O) groups excluding carboxylic acids is 2. The van der Waals surface area contributed by atoms with Crippen LogP contribution in [0.25, 0.3) is 0 Å². The molecule has 0 aliphatic carbocycles. The van der Waals surface area contributed by atoms with Gasteiger partial charge in [0.2, 0.25) is 21.8 Å². The van der Waals surface area contributed by atoms with Crippen LogP contribution in [0.3, 0.4) is 0 Å². The van der Waals surface area contributed by atoms with E-state index >= 15 is 0 Å². The van der Waals surface area contributed by atoms with Gasteiger partial charge in [-0.05, 0) is 36.8 Å². The highest BCUT2D eigenvalue weighted by Gasteiger charge is 2.31. The van der Waals surface area contributed by atoms with Crippen molar-refractivity contribution in [1.29, 1.82) is 0 Å². The number of carbonyl (C=O) groups is 2. The molecule has 0 bridgehead atoms. The van der Waals surface area contributed by atoms with Crippen molar-refractivity contribution >= 4 is 39.1 Å². The number of amides is 2. The van der Waals surface area contributed by atoms with Crippen molar-refractivity contribution in [2.75, 3.05) is 38.4 Å². The molecule has 2 aromatic carbocycles. The molecule has 2 rings (SSSR count). The number of anilines is 1. The van der Waals surface area contributed by atoms with Crippen LogP contribution in [0.4, 0.5) is 5.69 Å². The summed E-state index contributed by atoms with van der Waals surface area (Å²) in [7, 11) is 0.406. The van der Waals surface area contributed by atoms with Crippen molar-refractivity contribution in [1.82, 2.24) is 10.2 Å². The van der Waals surface area contributed by atoms with E-state index in [9.17, 15) is 18.0 Å². The number of nitrogens with zero attached hydrogens (tertiary/aromatic N) is 2. The average molecular weight is 498 g/mol. The summed E-state index contributed by atoms with van der Waals surface area (Å²) in [6, 6.07) is 10.6. The van der Waals surface area contributed by atoms with Crippen LogP contribution in [0.5, 0.6) is 11.5 Å². The molecular weight excluding hydrogens is 470 g/mol. The van der Waals surface area contributed by atoms with Crippen molar-refractivity contribution in [2.45, 2.75) is 19.5 Å². The van der Waals surface area contributed by atoms with Crippen LogP contribution in [0.1, 0.15) is 12.5 Å². The van der Waals surface area contributed by atoms with E-state index in [0.717, 1.165) is 16.1 Å². The van der Waals surface area contributed by atoms with Gasteiger partial charge in [0.25, 0.3) is 0 Å². The Labute approximate surface area is 199 Å². The van der Waals surface area contributed by atoms with E-state index < -0.39 is 28.5 Å². The Morgan fingerprint density at radius 2 is 1.73 bits per heavy atom. The van der Waals surface area contributed by atoms with Gasteiger partial charge in [-0.3, -0.25) is 13.9 Å². The lowest BCUT2D eigenvalue weighted by molar-refractivity contribution is -0.139. The van der Waals surface area contributed by atoms with Crippen molar-refractivity contribution in [2.24, 2.45) is 0 Å². The van der Waals surface area contributed by atoms with E-state index in [4.69, 9.17) is 21.1 Å². The molecule has 0 fully saturated rings. The van der Waals surface area contributed by atoms with E-state index in [2.05, 4.69) is 5.32 Å². The number of ether oxygens (including phenoxy) is 2. The fraction of sp³-hybridized carbons (Fsp3) is 0.364. The third-order valence-corrected chi connectivity index (χ3v) is 6.39. The zero-order valence-electron chi connectivity index (χ0n) is 19.2. The van der Waals surface area contributed by atoms with Crippen LogP contribution in [0.2, 0.25) is 5.02 Å². The topological polar surface area (TPSA) is 105 Å². The maximum Gasteiger partial charge on any atom is 0.244 e. The summed E-state index contributed by atoms with van der Waals surface area (Å²) in [5, 5.41) is 3.05. The zero-order chi connectivity index (χ0) is 24.8. The van der Waals surface area contributed by atoms with E-state index in [-0.39, 0.29) is 23.9 Å². The Morgan fingerprint density at radius 3 is 2.24 bits per heavy atom. The van der Waals surface area contributed by atoms with E-state index in [0.29, 0.717) is 10.8 Å². The predicted molar refractivity (Wildman–Crippen MR) is 127 cm³/mol. The van der Waals surface area contributed by atoms with Crippen LogP contribution in [0, 0.1) is 0 Å². The van der Waals surface area contributed by atoms with Gasteiger partial charge in [-0.15, -0.1) is 0 Å². The predicted octanol–water partition coefficient (Wildman–Crippen LogP) is 2.29. The van der Waals surface area contributed by atoms with E-state index in [1.807, 2.05) is 0 Å². The molecule has 33 heavy (non-hydrogen) atoms. The standard InChI is InChI=1S/C22H28ClN3O6S/c1-15(22(28)24-2)25(13-16-6-8-17(23)9-7-16)21(27)14-26(33(5,29)30)19-12-18(31-3)10-11-20(19)32-4/h6-12,15H,13-14H2,1-5H3,(H,24,28)/t15-/m1/s1. The lowest BCUT2D eigenvalue weighted by atomic mass is 10.1. The minimum Gasteiger partial charge on any atom is -0.497 e. The molecule has 2 amide bonds. The average Bonchev–Trinajstić information content (AvgIpc) is 2.79. The molecule has 0 saturated carbocycles. The Kier molecular flexibility index (Phi) is 8.95. The smallest absolute Gasteiger partial charge is 0.244 e. The third-order valence-electron chi connectivity index (χ3n) is 5.01. The summed E-state index contributed by atoms with van der Waals surface area (Å²) in [5.74, 6) is -0.320. The number of methoxy groups -OCH3 is 2. The minimum atomic E-state index is -3.90. The first-order valence-corrected chi connectivity index (χ1v) is 12.2. The van der Waals surface area contributed by atoms with Crippen molar-refractivity contribution < 1.29 is 27.5 Å². The molecule has 0 radical (unpaired) electrons. The van der Waals surface area contributed by atoms with Gasteiger partial charge in [-0.25, -0.2) is 8.42 Å². The maximum atomic E-state index is 13.4. The first-order chi connectivity index (χ1) is 15.5. The molecule has 0 spiro atoms. The highest BCUT2D eigenvalue weighted by Crippen LogP contribution is 2.34. The highest BCUT2D eigenvalue weighted by atomic mass is 35.5. The Hall–Kier alpha value is -2.98. The second kappa shape index (κ2) is 11.2. The van der Waals surface area contributed by atoms with Crippen molar-refractivity contribution in [3.63, 3.8) is 0 Å². The first-order valence-electron chi connectivity index (χ1n) is 9.97. The monoisotopic (exact) mass is 497 g/mol. The van der Waals surface area contributed by atoms with Crippen LogP contribution in [0.15, 0.2) is 42.5 Å². The van der Waals surface area contributed by atoms with Gasteiger partial charge < -0.3 is 19.7 Å². The Morgan fingerprint density at radius 1 is 1.09 bits per heavy atom. The molecule has 1 atom stereocenters. The van der Waals surface area contributed by atoms with Crippen LogP contribution in [-0.4, -0.2) is 65.2 Å². The summed E-state index contributed by atoms with van der Waals surface area (Å²) >= 11 is 5.95.